The second kappa shape index (κ2) is 9.26. The highest BCUT2D eigenvalue weighted by Gasteiger charge is 2.25. The van der Waals surface area contributed by atoms with Crippen LogP contribution in [0.4, 0.5) is 4.79 Å². The zero-order valence-corrected chi connectivity index (χ0v) is 16.1. The molecular formula is C22H26N2O4. The average molecular weight is 382 g/mol. The monoisotopic (exact) mass is 382 g/mol. The van der Waals surface area contributed by atoms with E-state index in [-0.39, 0.29) is 18.5 Å². The number of hydrogen-bond donors (Lipinski definition) is 2. The molecule has 1 aliphatic rings. The van der Waals surface area contributed by atoms with Crippen LogP contribution in [0, 0.1) is 0 Å². The number of hydrogen-bond acceptors (Lipinski definition) is 3. The first kappa shape index (κ1) is 19.7. The lowest BCUT2D eigenvalue weighted by Crippen LogP contribution is -2.47. The summed E-state index contributed by atoms with van der Waals surface area (Å²) in [6.45, 7) is 3.19. The Labute approximate surface area is 164 Å². The third kappa shape index (κ3) is 5.25. The maximum Gasteiger partial charge on any atom is 0.317 e. The average Bonchev–Trinajstić information content (AvgIpc) is 3.21. The van der Waals surface area contributed by atoms with Crippen LogP contribution in [0.2, 0.25) is 0 Å². The van der Waals surface area contributed by atoms with E-state index in [1.54, 1.807) is 11.2 Å². The largest absolute Gasteiger partial charge is 0.481 e. The number of carbonyl (C=O) groups excluding carboxylic acids is 1. The van der Waals surface area contributed by atoms with Crippen molar-refractivity contribution in [1.82, 2.24) is 10.2 Å². The van der Waals surface area contributed by atoms with Crippen molar-refractivity contribution in [3.05, 3.63) is 65.6 Å². The summed E-state index contributed by atoms with van der Waals surface area (Å²) in [6, 6.07) is 13.2. The van der Waals surface area contributed by atoms with Gasteiger partial charge in [-0.3, -0.25) is 4.79 Å². The molecule has 1 aliphatic heterocycles. The van der Waals surface area contributed by atoms with E-state index in [9.17, 15) is 9.59 Å². The molecule has 2 heterocycles. The van der Waals surface area contributed by atoms with Crippen LogP contribution in [0.3, 0.4) is 0 Å². The molecule has 0 saturated heterocycles. The molecule has 2 amide bonds. The standard InChI is InChI=1S/C22H26N2O4/c1-16-11-12-24(15-19(16)20-8-5-13-28-20)22(27)23-18(9-10-21(25)26)14-17-6-3-2-4-7-17/h2-8,13,18H,9-12,14-15H2,1H3,(H,23,27)(H,25,26). The number of rotatable bonds is 7. The van der Waals surface area contributed by atoms with Crippen LogP contribution < -0.4 is 5.32 Å². The molecule has 1 unspecified atom stereocenters. The Hall–Kier alpha value is -3.02. The van der Waals surface area contributed by atoms with E-state index >= 15 is 0 Å². The van der Waals surface area contributed by atoms with Crippen molar-refractivity contribution < 1.29 is 19.1 Å². The predicted molar refractivity (Wildman–Crippen MR) is 107 cm³/mol. The molecule has 6 heteroatoms. The molecule has 3 rings (SSSR count). The first-order valence-electron chi connectivity index (χ1n) is 9.56. The van der Waals surface area contributed by atoms with Crippen LogP contribution in [0.15, 0.2) is 58.7 Å². The molecule has 0 saturated carbocycles. The Balaban J connectivity index is 1.66. The Bertz CT molecular complexity index is 827. The molecule has 0 fully saturated rings. The van der Waals surface area contributed by atoms with Crippen molar-refractivity contribution in [2.45, 2.75) is 38.6 Å². The third-order valence-electron chi connectivity index (χ3n) is 5.09. The van der Waals surface area contributed by atoms with Crippen LogP contribution in [-0.4, -0.2) is 41.1 Å². The van der Waals surface area contributed by atoms with Gasteiger partial charge in [0.15, 0.2) is 0 Å². The number of nitrogens with one attached hydrogen (secondary N) is 1. The van der Waals surface area contributed by atoms with Gasteiger partial charge in [-0.25, -0.2) is 4.79 Å². The van der Waals surface area contributed by atoms with Crippen molar-refractivity contribution in [2.24, 2.45) is 0 Å². The first-order chi connectivity index (χ1) is 13.5. The molecule has 0 spiro atoms. The van der Waals surface area contributed by atoms with Crippen LogP contribution in [0.1, 0.15) is 37.5 Å². The van der Waals surface area contributed by atoms with Crippen molar-refractivity contribution >= 4 is 17.6 Å². The molecule has 2 aromatic rings. The number of benzene rings is 1. The summed E-state index contributed by atoms with van der Waals surface area (Å²) < 4.78 is 5.51. The number of furan rings is 1. The lowest BCUT2D eigenvalue weighted by Gasteiger charge is -2.31. The van der Waals surface area contributed by atoms with Crippen LogP contribution >= 0.6 is 0 Å². The number of urea groups is 1. The molecule has 0 bridgehead atoms. The second-order valence-electron chi connectivity index (χ2n) is 7.18. The summed E-state index contributed by atoms with van der Waals surface area (Å²) in [5.74, 6) is -0.0642. The van der Waals surface area contributed by atoms with Gasteiger partial charge in [0.05, 0.1) is 12.8 Å². The van der Waals surface area contributed by atoms with E-state index in [2.05, 4.69) is 12.2 Å². The van der Waals surface area contributed by atoms with Gasteiger partial charge in [-0.15, -0.1) is 0 Å². The number of amides is 2. The van der Waals surface area contributed by atoms with Crippen molar-refractivity contribution in [2.75, 3.05) is 13.1 Å². The number of carboxylic acids is 1. The summed E-state index contributed by atoms with van der Waals surface area (Å²) in [7, 11) is 0. The third-order valence-corrected chi connectivity index (χ3v) is 5.09. The van der Waals surface area contributed by atoms with Crippen molar-refractivity contribution in [1.29, 1.82) is 0 Å². The van der Waals surface area contributed by atoms with Crippen molar-refractivity contribution in [3.8, 4) is 0 Å². The summed E-state index contributed by atoms with van der Waals surface area (Å²) in [6.07, 6.45) is 3.45. The number of aliphatic carboxylic acids is 1. The summed E-state index contributed by atoms with van der Waals surface area (Å²) >= 11 is 0. The Morgan fingerprint density at radius 2 is 2.00 bits per heavy atom. The predicted octanol–water partition coefficient (Wildman–Crippen LogP) is 3.94. The van der Waals surface area contributed by atoms with Gasteiger partial charge >= 0.3 is 12.0 Å². The summed E-state index contributed by atoms with van der Waals surface area (Å²) in [5, 5.41) is 12.1. The number of carbonyl (C=O) groups is 2. The minimum Gasteiger partial charge on any atom is -0.481 e. The van der Waals surface area contributed by atoms with Gasteiger partial charge in [-0.1, -0.05) is 35.9 Å². The fourth-order valence-electron chi connectivity index (χ4n) is 3.46. The molecule has 0 radical (unpaired) electrons. The maximum absolute atomic E-state index is 12.9. The van der Waals surface area contributed by atoms with Gasteiger partial charge in [0.1, 0.15) is 5.76 Å². The molecule has 6 nitrogen and oxygen atoms in total. The fourth-order valence-corrected chi connectivity index (χ4v) is 3.46. The zero-order valence-electron chi connectivity index (χ0n) is 16.1. The molecule has 1 aromatic carbocycles. The van der Waals surface area contributed by atoms with Crippen LogP contribution in [0.5, 0.6) is 0 Å². The molecular weight excluding hydrogens is 356 g/mol. The Morgan fingerprint density at radius 1 is 1.21 bits per heavy atom. The Kier molecular flexibility index (Phi) is 6.53. The normalized spacial score (nSPS) is 15.4. The van der Waals surface area contributed by atoms with Gasteiger partial charge < -0.3 is 19.7 Å². The highest BCUT2D eigenvalue weighted by molar-refractivity contribution is 5.79. The summed E-state index contributed by atoms with van der Waals surface area (Å²) in [5.41, 5.74) is 3.34. The molecule has 148 valence electrons. The van der Waals surface area contributed by atoms with E-state index in [0.717, 1.165) is 23.3 Å². The minimum atomic E-state index is -0.857. The molecule has 1 atom stereocenters. The minimum absolute atomic E-state index is 0.0223. The van der Waals surface area contributed by atoms with E-state index in [1.807, 2.05) is 42.5 Å². The first-order valence-corrected chi connectivity index (χ1v) is 9.56. The summed E-state index contributed by atoms with van der Waals surface area (Å²) in [4.78, 5) is 25.7. The number of carboxylic acid groups (broad SMARTS) is 1. The molecule has 0 aliphatic carbocycles. The van der Waals surface area contributed by atoms with Crippen LogP contribution in [0.25, 0.3) is 5.57 Å². The van der Waals surface area contributed by atoms with Crippen molar-refractivity contribution in [3.63, 3.8) is 0 Å². The second-order valence-corrected chi connectivity index (χ2v) is 7.18. The fraction of sp³-hybridized carbons (Fsp3) is 0.364. The number of nitrogens with zero attached hydrogens (tertiary/aromatic N) is 1. The topological polar surface area (TPSA) is 82.8 Å². The van der Waals surface area contributed by atoms with Gasteiger partial charge in [0.2, 0.25) is 0 Å². The van der Waals surface area contributed by atoms with Gasteiger partial charge in [-0.05, 0) is 43.9 Å². The highest BCUT2D eigenvalue weighted by Crippen LogP contribution is 2.26. The molecule has 1 aromatic heterocycles. The SMILES string of the molecule is CC1=C(c2ccco2)CN(C(=O)NC(CCC(=O)O)Cc2ccccc2)CC1. The molecule has 28 heavy (non-hydrogen) atoms. The lowest BCUT2D eigenvalue weighted by molar-refractivity contribution is -0.137. The van der Waals surface area contributed by atoms with Gasteiger partial charge in [-0.2, -0.15) is 0 Å². The van der Waals surface area contributed by atoms with Gasteiger partial charge in [0.25, 0.3) is 0 Å². The van der Waals surface area contributed by atoms with Crippen LogP contribution in [-0.2, 0) is 11.2 Å². The maximum atomic E-state index is 12.9. The highest BCUT2D eigenvalue weighted by atomic mass is 16.4. The van der Waals surface area contributed by atoms with E-state index in [4.69, 9.17) is 9.52 Å². The van der Waals surface area contributed by atoms with Gasteiger partial charge in [0, 0.05) is 24.6 Å². The van der Waals surface area contributed by atoms with E-state index in [1.165, 1.54) is 5.57 Å². The molecule has 2 N–H and O–H groups in total. The zero-order chi connectivity index (χ0) is 19.9. The van der Waals surface area contributed by atoms with E-state index < -0.39 is 5.97 Å². The smallest absolute Gasteiger partial charge is 0.317 e. The Morgan fingerprint density at radius 3 is 2.68 bits per heavy atom. The lowest BCUT2D eigenvalue weighted by atomic mass is 9.99. The quantitative estimate of drug-likeness (QED) is 0.760. The van der Waals surface area contributed by atoms with E-state index in [0.29, 0.717) is 25.9 Å².